The van der Waals surface area contributed by atoms with Gasteiger partial charge in [-0.15, -0.1) is 0 Å². The number of nitrogens with two attached hydrogens (primary N) is 1. The number of hydrogen-bond donors (Lipinski definition) is 2. The Labute approximate surface area is 80.9 Å². The van der Waals surface area contributed by atoms with E-state index in [1.165, 1.54) is 5.56 Å². The van der Waals surface area contributed by atoms with Gasteiger partial charge < -0.3 is 5.73 Å². The Morgan fingerprint density at radius 2 is 2.00 bits per heavy atom. The first-order valence-corrected chi connectivity index (χ1v) is 5.31. The van der Waals surface area contributed by atoms with Gasteiger partial charge in [0.15, 0.2) is 0 Å². The predicted octanol–water partition coefficient (Wildman–Crippen LogP) is 0.566. The van der Waals surface area contributed by atoms with E-state index in [2.05, 4.69) is 4.72 Å². The van der Waals surface area contributed by atoms with E-state index in [0.717, 1.165) is 4.90 Å². The number of rotatable bonds is 4. The van der Waals surface area contributed by atoms with E-state index < -0.39 is 11.0 Å². The first-order chi connectivity index (χ1) is 6.24. The Morgan fingerprint density at radius 1 is 1.38 bits per heavy atom. The molecule has 72 valence electrons. The van der Waals surface area contributed by atoms with Gasteiger partial charge in [0.05, 0.1) is 4.90 Å². The average Bonchev–Trinajstić information content (AvgIpc) is 2.15. The summed E-state index contributed by atoms with van der Waals surface area (Å²) in [5, 5.41) is 0. The summed E-state index contributed by atoms with van der Waals surface area (Å²) in [6.45, 7) is 3.07. The van der Waals surface area contributed by atoms with Crippen LogP contribution in [0.5, 0.6) is 0 Å². The second-order valence-corrected chi connectivity index (χ2v) is 4.06. The molecule has 0 bridgehead atoms. The molecule has 0 radical (unpaired) electrons. The van der Waals surface area contributed by atoms with Crippen molar-refractivity contribution in [3.63, 3.8) is 0 Å². The highest BCUT2D eigenvalue weighted by Crippen LogP contribution is 2.05. The number of benzene rings is 1. The standard InChI is InChI=1S/C9H14N2OS/c1-8-2-4-9(5-3-8)13(12)11-7-6-10/h2-5,11H,6-7,10H2,1H3. The molecule has 0 aliphatic carbocycles. The molecule has 1 unspecified atom stereocenters. The molecule has 13 heavy (non-hydrogen) atoms. The van der Waals surface area contributed by atoms with Crippen molar-refractivity contribution in [2.24, 2.45) is 5.73 Å². The number of aryl methyl sites for hydroxylation is 1. The lowest BCUT2D eigenvalue weighted by Crippen LogP contribution is -2.24. The lowest BCUT2D eigenvalue weighted by atomic mass is 10.2. The van der Waals surface area contributed by atoms with Crippen LogP contribution < -0.4 is 10.5 Å². The van der Waals surface area contributed by atoms with Gasteiger partial charge in [-0.1, -0.05) is 17.7 Å². The lowest BCUT2D eigenvalue weighted by Gasteiger charge is -2.02. The van der Waals surface area contributed by atoms with E-state index in [4.69, 9.17) is 5.73 Å². The van der Waals surface area contributed by atoms with Gasteiger partial charge in [-0.05, 0) is 19.1 Å². The van der Waals surface area contributed by atoms with E-state index in [9.17, 15) is 4.21 Å². The quantitative estimate of drug-likeness (QED) is 0.743. The van der Waals surface area contributed by atoms with Crippen LogP contribution in [0.4, 0.5) is 0 Å². The highest BCUT2D eigenvalue weighted by molar-refractivity contribution is 7.83. The minimum absolute atomic E-state index is 0.498. The van der Waals surface area contributed by atoms with Gasteiger partial charge >= 0.3 is 0 Å². The van der Waals surface area contributed by atoms with Crippen LogP contribution in [0.1, 0.15) is 5.56 Å². The Morgan fingerprint density at radius 3 is 2.54 bits per heavy atom. The van der Waals surface area contributed by atoms with E-state index in [0.29, 0.717) is 13.1 Å². The van der Waals surface area contributed by atoms with Crippen LogP contribution in [0.3, 0.4) is 0 Å². The van der Waals surface area contributed by atoms with Crippen LogP contribution >= 0.6 is 0 Å². The zero-order valence-electron chi connectivity index (χ0n) is 7.62. The van der Waals surface area contributed by atoms with Crippen LogP contribution in [-0.4, -0.2) is 17.3 Å². The van der Waals surface area contributed by atoms with Crippen molar-refractivity contribution >= 4 is 11.0 Å². The Bertz CT molecular complexity index is 284. The summed E-state index contributed by atoms with van der Waals surface area (Å²) >= 11 is 0. The van der Waals surface area contributed by atoms with E-state index in [1.807, 2.05) is 31.2 Å². The predicted molar refractivity (Wildman–Crippen MR) is 54.6 cm³/mol. The maximum absolute atomic E-state index is 11.5. The molecule has 0 aliphatic rings. The molecule has 0 saturated carbocycles. The topological polar surface area (TPSA) is 55.1 Å². The number of nitrogens with one attached hydrogen (secondary N) is 1. The molecule has 0 spiro atoms. The third-order valence-corrected chi connectivity index (χ3v) is 2.78. The SMILES string of the molecule is Cc1ccc(S(=O)NCCN)cc1. The molecule has 1 rings (SSSR count). The van der Waals surface area contributed by atoms with Crippen molar-refractivity contribution in [1.29, 1.82) is 0 Å². The molecule has 0 aromatic heterocycles. The molecular weight excluding hydrogens is 184 g/mol. The normalized spacial score (nSPS) is 12.8. The zero-order chi connectivity index (χ0) is 9.68. The molecule has 4 heteroatoms. The van der Waals surface area contributed by atoms with Crippen LogP contribution in [0.2, 0.25) is 0 Å². The molecular formula is C9H14N2OS. The second-order valence-electron chi connectivity index (χ2n) is 2.76. The monoisotopic (exact) mass is 198 g/mol. The molecule has 0 amide bonds. The minimum atomic E-state index is -1.12. The maximum Gasteiger partial charge on any atom is 0.124 e. The van der Waals surface area contributed by atoms with Crippen molar-refractivity contribution in [2.45, 2.75) is 11.8 Å². The molecule has 3 nitrogen and oxygen atoms in total. The van der Waals surface area contributed by atoms with Gasteiger partial charge in [0.1, 0.15) is 11.0 Å². The summed E-state index contributed by atoms with van der Waals surface area (Å²) in [5.74, 6) is 0. The Hall–Kier alpha value is -0.710. The summed E-state index contributed by atoms with van der Waals surface area (Å²) in [6, 6.07) is 7.60. The maximum atomic E-state index is 11.5. The third-order valence-electron chi connectivity index (χ3n) is 1.61. The van der Waals surface area contributed by atoms with E-state index in [1.54, 1.807) is 0 Å². The van der Waals surface area contributed by atoms with Crippen molar-refractivity contribution in [2.75, 3.05) is 13.1 Å². The smallest absolute Gasteiger partial charge is 0.124 e. The summed E-state index contributed by atoms with van der Waals surface area (Å²) in [4.78, 5) is 0.791. The van der Waals surface area contributed by atoms with E-state index in [-0.39, 0.29) is 0 Å². The van der Waals surface area contributed by atoms with Crippen LogP contribution in [0.15, 0.2) is 29.2 Å². The van der Waals surface area contributed by atoms with Crippen molar-refractivity contribution in [3.8, 4) is 0 Å². The molecule has 0 aliphatic heterocycles. The summed E-state index contributed by atoms with van der Waals surface area (Å²) in [7, 11) is -1.12. The molecule has 0 fully saturated rings. The molecule has 1 aromatic rings. The summed E-state index contributed by atoms with van der Waals surface area (Å²) in [6.07, 6.45) is 0. The van der Waals surface area contributed by atoms with E-state index >= 15 is 0 Å². The Kier molecular flexibility index (Phi) is 4.08. The lowest BCUT2D eigenvalue weighted by molar-refractivity contribution is 0.672. The molecule has 0 saturated heterocycles. The van der Waals surface area contributed by atoms with Crippen LogP contribution in [0, 0.1) is 6.92 Å². The highest BCUT2D eigenvalue weighted by Gasteiger charge is 2.00. The minimum Gasteiger partial charge on any atom is -0.329 e. The fraction of sp³-hybridized carbons (Fsp3) is 0.333. The van der Waals surface area contributed by atoms with Gasteiger partial charge in [-0.2, -0.15) is 0 Å². The fourth-order valence-electron chi connectivity index (χ4n) is 0.897. The van der Waals surface area contributed by atoms with Crippen molar-refractivity contribution in [3.05, 3.63) is 29.8 Å². The first-order valence-electron chi connectivity index (χ1n) is 4.16. The molecule has 1 atom stereocenters. The summed E-state index contributed by atoms with van der Waals surface area (Å²) in [5.41, 5.74) is 6.45. The van der Waals surface area contributed by atoms with Gasteiger partial charge in [0.25, 0.3) is 0 Å². The van der Waals surface area contributed by atoms with Gasteiger partial charge in [-0.3, -0.25) is 0 Å². The first kappa shape index (κ1) is 10.4. The van der Waals surface area contributed by atoms with Crippen LogP contribution in [-0.2, 0) is 11.0 Å². The third kappa shape index (κ3) is 3.26. The molecule has 3 N–H and O–H groups in total. The molecule has 1 aromatic carbocycles. The van der Waals surface area contributed by atoms with Crippen LogP contribution in [0.25, 0.3) is 0 Å². The highest BCUT2D eigenvalue weighted by atomic mass is 32.2. The second kappa shape index (κ2) is 5.11. The van der Waals surface area contributed by atoms with Crippen molar-refractivity contribution in [1.82, 2.24) is 4.72 Å². The van der Waals surface area contributed by atoms with Gasteiger partial charge in [0.2, 0.25) is 0 Å². The van der Waals surface area contributed by atoms with Gasteiger partial charge in [-0.25, -0.2) is 8.93 Å². The van der Waals surface area contributed by atoms with Crippen molar-refractivity contribution < 1.29 is 4.21 Å². The average molecular weight is 198 g/mol. The van der Waals surface area contributed by atoms with Gasteiger partial charge in [0, 0.05) is 13.1 Å². The Balaban J connectivity index is 2.61. The zero-order valence-corrected chi connectivity index (χ0v) is 8.43. The number of hydrogen-bond acceptors (Lipinski definition) is 2. The fourth-order valence-corrected chi connectivity index (χ4v) is 1.75. The molecule has 0 heterocycles. The summed E-state index contributed by atoms with van der Waals surface area (Å²) < 4.78 is 14.3. The largest absolute Gasteiger partial charge is 0.329 e.